The number of aliphatic hydroxyl groups is 3. The molecule has 1 fully saturated rings. The van der Waals surface area contributed by atoms with E-state index in [0.717, 1.165) is 26.5 Å². The van der Waals surface area contributed by atoms with Crippen molar-refractivity contribution < 1.29 is 20.1 Å². The predicted molar refractivity (Wildman–Crippen MR) is 139 cm³/mol. The molecule has 1 aliphatic rings. The fourth-order valence-electron chi connectivity index (χ4n) is 4.50. The van der Waals surface area contributed by atoms with E-state index in [1.54, 1.807) is 25.2 Å². The number of hydrogen-bond acceptors (Lipinski definition) is 10. The lowest BCUT2D eigenvalue weighted by atomic mass is 9.88. The van der Waals surface area contributed by atoms with Gasteiger partial charge < -0.3 is 30.7 Å². The standard InChI is InChI=1S/C25H35N5O4S/c1-13(2)34-11-10-26-24-27-14(3)19(23-29-16-8-6-7-9-18(16)35-23)22(30-24)28-17-12-15(25(4,5)33)20(31)21(17)32/h6-9,13,15,17,20-21,31-33H,10-12H2,1-5H3,(H2,26,27,28,30). The van der Waals surface area contributed by atoms with Crippen LogP contribution in [0.5, 0.6) is 0 Å². The molecule has 4 rings (SSSR count). The van der Waals surface area contributed by atoms with Gasteiger partial charge in [-0.1, -0.05) is 12.1 Å². The van der Waals surface area contributed by atoms with Gasteiger partial charge in [0.1, 0.15) is 16.9 Å². The minimum absolute atomic E-state index is 0.136. The Morgan fingerprint density at radius 3 is 2.54 bits per heavy atom. The van der Waals surface area contributed by atoms with Crippen LogP contribution in [0.4, 0.5) is 11.8 Å². The van der Waals surface area contributed by atoms with Crippen molar-refractivity contribution in [3.05, 3.63) is 30.0 Å². The quantitative estimate of drug-likeness (QED) is 0.280. The highest BCUT2D eigenvalue weighted by atomic mass is 32.1. The zero-order valence-corrected chi connectivity index (χ0v) is 21.6. The van der Waals surface area contributed by atoms with Gasteiger partial charge in [-0.15, -0.1) is 11.3 Å². The monoisotopic (exact) mass is 501 g/mol. The number of thiazole rings is 1. The van der Waals surface area contributed by atoms with Crippen LogP contribution < -0.4 is 10.6 Å². The normalized spacial score (nSPS) is 22.8. The topological polar surface area (TPSA) is 133 Å². The van der Waals surface area contributed by atoms with Gasteiger partial charge in [-0.2, -0.15) is 4.98 Å². The molecule has 5 N–H and O–H groups in total. The predicted octanol–water partition coefficient (Wildman–Crippen LogP) is 3.19. The molecule has 2 aromatic heterocycles. The third-order valence-corrected chi connectivity index (χ3v) is 7.40. The summed E-state index contributed by atoms with van der Waals surface area (Å²) in [6, 6.07) is 7.42. The Balaban J connectivity index is 1.68. The van der Waals surface area contributed by atoms with Gasteiger partial charge in [0.05, 0.1) is 51.9 Å². The third kappa shape index (κ3) is 5.73. The molecule has 0 radical (unpaired) electrons. The van der Waals surface area contributed by atoms with Crippen molar-refractivity contribution in [1.29, 1.82) is 0 Å². The van der Waals surface area contributed by atoms with Crippen molar-refractivity contribution in [2.24, 2.45) is 5.92 Å². The number of aromatic nitrogens is 3. The Morgan fingerprint density at radius 2 is 1.89 bits per heavy atom. The van der Waals surface area contributed by atoms with Gasteiger partial charge in [-0.05, 0) is 53.2 Å². The van der Waals surface area contributed by atoms with E-state index in [-0.39, 0.29) is 6.10 Å². The minimum atomic E-state index is -1.13. The zero-order chi connectivity index (χ0) is 25.3. The third-order valence-electron chi connectivity index (χ3n) is 6.35. The number of fused-ring (bicyclic) bond motifs is 1. The molecule has 0 spiro atoms. The first-order valence-corrected chi connectivity index (χ1v) is 12.8. The van der Waals surface area contributed by atoms with Crippen LogP contribution in [0.1, 0.15) is 39.8 Å². The summed E-state index contributed by atoms with van der Waals surface area (Å²) in [5.41, 5.74) is 1.26. The fraction of sp³-hybridized carbons (Fsp3) is 0.560. The molecule has 3 aromatic rings. The SMILES string of the molecule is Cc1nc(NCCOC(C)C)nc(NC2CC(C(C)(C)O)C(O)C2O)c1-c1nc2ccccc2s1. The fourth-order valence-corrected chi connectivity index (χ4v) is 5.57. The lowest BCUT2D eigenvalue weighted by molar-refractivity contribution is -0.0601. The molecule has 0 bridgehead atoms. The molecule has 4 atom stereocenters. The molecule has 4 unspecified atom stereocenters. The number of nitrogens with one attached hydrogen (secondary N) is 2. The highest BCUT2D eigenvalue weighted by Gasteiger charge is 2.47. The van der Waals surface area contributed by atoms with E-state index in [1.807, 2.05) is 45.0 Å². The van der Waals surface area contributed by atoms with Crippen LogP contribution in [0, 0.1) is 12.8 Å². The van der Waals surface area contributed by atoms with E-state index < -0.39 is 29.8 Å². The summed E-state index contributed by atoms with van der Waals surface area (Å²) < 4.78 is 6.66. The number of aryl methyl sites for hydroxylation is 1. The molecule has 2 heterocycles. The van der Waals surface area contributed by atoms with Crippen molar-refractivity contribution in [2.45, 2.75) is 71.0 Å². The first-order valence-electron chi connectivity index (χ1n) is 12.0. The Labute approximate surface area is 209 Å². The number of nitrogens with zero attached hydrogens (tertiary/aromatic N) is 3. The molecule has 1 saturated carbocycles. The summed E-state index contributed by atoms with van der Waals surface area (Å²) in [5, 5.41) is 39.2. The highest BCUT2D eigenvalue weighted by Crippen LogP contribution is 2.40. The van der Waals surface area contributed by atoms with Gasteiger partial charge in [0, 0.05) is 12.5 Å². The molecule has 0 amide bonds. The largest absolute Gasteiger partial charge is 0.390 e. The van der Waals surface area contributed by atoms with E-state index in [0.29, 0.717) is 31.3 Å². The zero-order valence-electron chi connectivity index (χ0n) is 20.8. The molecule has 0 saturated heterocycles. The summed E-state index contributed by atoms with van der Waals surface area (Å²) >= 11 is 1.55. The number of benzene rings is 1. The number of para-hydroxylation sites is 1. The first kappa shape index (κ1) is 25.7. The Kier molecular flexibility index (Phi) is 7.58. The lowest BCUT2D eigenvalue weighted by Gasteiger charge is -2.28. The first-order chi connectivity index (χ1) is 16.5. The summed E-state index contributed by atoms with van der Waals surface area (Å²) in [6.07, 6.45) is -1.58. The van der Waals surface area contributed by atoms with Crippen LogP contribution >= 0.6 is 11.3 Å². The smallest absolute Gasteiger partial charge is 0.224 e. The molecule has 35 heavy (non-hydrogen) atoms. The second kappa shape index (κ2) is 10.3. The molecule has 1 aliphatic carbocycles. The average molecular weight is 502 g/mol. The van der Waals surface area contributed by atoms with Gasteiger partial charge in [0.2, 0.25) is 5.95 Å². The van der Waals surface area contributed by atoms with Crippen LogP contribution in [0.3, 0.4) is 0 Å². The Bertz CT molecular complexity index is 1130. The van der Waals surface area contributed by atoms with Gasteiger partial charge >= 0.3 is 0 Å². The van der Waals surface area contributed by atoms with Crippen LogP contribution in [-0.4, -0.2) is 73.4 Å². The second-order valence-electron chi connectivity index (χ2n) is 9.92. The van der Waals surface area contributed by atoms with Crippen LogP contribution in [0.15, 0.2) is 24.3 Å². The minimum Gasteiger partial charge on any atom is -0.390 e. The number of anilines is 2. The van der Waals surface area contributed by atoms with Crippen molar-refractivity contribution in [2.75, 3.05) is 23.8 Å². The van der Waals surface area contributed by atoms with E-state index in [1.165, 1.54) is 0 Å². The van der Waals surface area contributed by atoms with Gasteiger partial charge in [-0.25, -0.2) is 9.97 Å². The summed E-state index contributed by atoms with van der Waals surface area (Å²) in [7, 11) is 0. The van der Waals surface area contributed by atoms with Crippen LogP contribution in [-0.2, 0) is 4.74 Å². The molecule has 9 nitrogen and oxygen atoms in total. The molecule has 190 valence electrons. The van der Waals surface area contributed by atoms with E-state index in [2.05, 4.69) is 15.6 Å². The number of ether oxygens (including phenoxy) is 1. The average Bonchev–Trinajstić information content (AvgIpc) is 3.32. The second-order valence-corrected chi connectivity index (χ2v) is 10.9. The number of aliphatic hydroxyl groups excluding tert-OH is 2. The summed E-state index contributed by atoms with van der Waals surface area (Å²) in [6.45, 7) is 10.2. The number of hydrogen-bond donors (Lipinski definition) is 5. The number of rotatable bonds is 9. The van der Waals surface area contributed by atoms with Gasteiger partial charge in [0.25, 0.3) is 0 Å². The summed E-state index contributed by atoms with van der Waals surface area (Å²) in [4.78, 5) is 14.2. The van der Waals surface area contributed by atoms with Crippen LogP contribution in [0.2, 0.25) is 0 Å². The maximum absolute atomic E-state index is 10.8. The lowest BCUT2D eigenvalue weighted by Crippen LogP contribution is -2.40. The molecule has 0 aliphatic heterocycles. The van der Waals surface area contributed by atoms with Crippen molar-refractivity contribution in [3.8, 4) is 10.6 Å². The van der Waals surface area contributed by atoms with Crippen molar-refractivity contribution >= 4 is 33.3 Å². The van der Waals surface area contributed by atoms with Gasteiger partial charge in [0.15, 0.2) is 0 Å². The van der Waals surface area contributed by atoms with Crippen molar-refractivity contribution in [1.82, 2.24) is 15.0 Å². The Hall–Kier alpha value is -2.37. The van der Waals surface area contributed by atoms with Crippen LogP contribution in [0.25, 0.3) is 20.8 Å². The molecule has 1 aromatic carbocycles. The molecular formula is C25H35N5O4S. The highest BCUT2D eigenvalue weighted by molar-refractivity contribution is 7.21. The van der Waals surface area contributed by atoms with Crippen molar-refractivity contribution in [3.63, 3.8) is 0 Å². The summed E-state index contributed by atoms with van der Waals surface area (Å²) in [5.74, 6) is 0.486. The van der Waals surface area contributed by atoms with E-state index in [9.17, 15) is 15.3 Å². The maximum atomic E-state index is 10.8. The van der Waals surface area contributed by atoms with E-state index >= 15 is 0 Å². The molecule has 10 heteroatoms. The molecular weight excluding hydrogens is 466 g/mol. The van der Waals surface area contributed by atoms with Gasteiger partial charge in [-0.3, -0.25) is 0 Å². The maximum Gasteiger partial charge on any atom is 0.224 e. The van der Waals surface area contributed by atoms with E-state index in [4.69, 9.17) is 14.7 Å². The Morgan fingerprint density at radius 1 is 1.14 bits per heavy atom.